The van der Waals surface area contributed by atoms with Crippen LogP contribution in [0.4, 0.5) is 13.2 Å². The number of hydrogen-bond acceptors (Lipinski definition) is 4. The number of alkyl halides is 3. The van der Waals surface area contributed by atoms with E-state index in [-0.39, 0.29) is 5.69 Å². The maximum absolute atomic E-state index is 12.0. The first-order chi connectivity index (χ1) is 6.54. The summed E-state index contributed by atoms with van der Waals surface area (Å²) in [6.45, 7) is 0. The van der Waals surface area contributed by atoms with Gasteiger partial charge in [-0.05, 0) is 12.1 Å². The fourth-order valence-electron chi connectivity index (χ4n) is 0.693. The Morgan fingerprint density at radius 3 is 2.50 bits per heavy atom. The zero-order chi connectivity index (χ0) is 10.6. The second-order valence-electron chi connectivity index (χ2n) is 2.32. The molecule has 0 saturated heterocycles. The summed E-state index contributed by atoms with van der Waals surface area (Å²) >= 11 is 0. The fraction of sp³-hybridized carbons (Fsp3) is 0.286. The number of rotatable bonds is 2. The van der Waals surface area contributed by atoms with Gasteiger partial charge in [-0.15, -0.1) is 10.2 Å². The molecule has 7 heteroatoms. The summed E-state index contributed by atoms with van der Waals surface area (Å²) in [5, 5.41) is 9.91. The van der Waals surface area contributed by atoms with E-state index in [4.69, 9.17) is 0 Å². The molecule has 1 heterocycles. The monoisotopic (exact) mass is 204 g/mol. The van der Waals surface area contributed by atoms with Gasteiger partial charge in [-0.3, -0.25) is 0 Å². The Morgan fingerprint density at radius 2 is 2.07 bits per heavy atom. The van der Waals surface area contributed by atoms with Crippen molar-refractivity contribution in [1.29, 1.82) is 0 Å². The predicted octanol–water partition coefficient (Wildman–Crippen LogP) is 1.05. The van der Waals surface area contributed by atoms with Crippen LogP contribution in [-0.2, 0) is 6.18 Å². The molecule has 1 N–H and O–H groups in total. The molecule has 1 aromatic heterocycles. The molecule has 14 heavy (non-hydrogen) atoms. The van der Waals surface area contributed by atoms with Crippen molar-refractivity contribution in [3.05, 3.63) is 23.5 Å². The summed E-state index contributed by atoms with van der Waals surface area (Å²) in [7, 11) is 1.56. The van der Waals surface area contributed by atoms with E-state index in [1.807, 2.05) is 0 Å². The van der Waals surface area contributed by atoms with Gasteiger partial charge in [0, 0.05) is 7.05 Å². The van der Waals surface area contributed by atoms with Crippen molar-refractivity contribution >= 4 is 6.21 Å². The standard InChI is InChI=1S/C7H7F3N4/c1-11-12-4-5-2-3-6(14-13-5)7(8,9)10/h2-4,11H,1H3. The smallest absolute Gasteiger partial charge is 0.313 e. The van der Waals surface area contributed by atoms with Crippen LogP contribution in [0.3, 0.4) is 0 Å². The van der Waals surface area contributed by atoms with Crippen LogP contribution >= 0.6 is 0 Å². The predicted molar refractivity (Wildman–Crippen MR) is 43.7 cm³/mol. The molecule has 76 valence electrons. The van der Waals surface area contributed by atoms with Crippen molar-refractivity contribution in [3.63, 3.8) is 0 Å². The molecule has 0 fully saturated rings. The second-order valence-corrected chi connectivity index (χ2v) is 2.32. The Bertz CT molecular complexity index is 317. The summed E-state index contributed by atoms with van der Waals surface area (Å²) in [5.41, 5.74) is 1.68. The molecule has 0 aromatic carbocycles. The zero-order valence-corrected chi connectivity index (χ0v) is 7.21. The van der Waals surface area contributed by atoms with E-state index < -0.39 is 11.9 Å². The number of halogens is 3. The Hall–Kier alpha value is -1.66. The van der Waals surface area contributed by atoms with E-state index in [9.17, 15) is 13.2 Å². The summed E-state index contributed by atoms with van der Waals surface area (Å²) < 4.78 is 36.1. The number of hydrogen-bond donors (Lipinski definition) is 1. The lowest BCUT2D eigenvalue weighted by Gasteiger charge is -2.03. The molecule has 0 aliphatic rings. The third kappa shape index (κ3) is 2.68. The van der Waals surface area contributed by atoms with Gasteiger partial charge >= 0.3 is 6.18 Å². The van der Waals surface area contributed by atoms with Crippen LogP contribution in [0.1, 0.15) is 11.4 Å². The minimum Gasteiger partial charge on any atom is -0.313 e. The SMILES string of the molecule is CNN=Cc1ccc(C(F)(F)F)nn1. The number of aromatic nitrogens is 2. The third-order valence-corrected chi connectivity index (χ3v) is 1.30. The van der Waals surface area contributed by atoms with Gasteiger partial charge in [0.05, 0.1) is 6.21 Å². The second kappa shape index (κ2) is 4.03. The number of hydrazone groups is 1. The first kappa shape index (κ1) is 10.4. The lowest BCUT2D eigenvalue weighted by molar-refractivity contribution is -0.141. The van der Waals surface area contributed by atoms with Gasteiger partial charge in [-0.2, -0.15) is 18.3 Å². The van der Waals surface area contributed by atoms with Crippen molar-refractivity contribution in [2.75, 3.05) is 7.05 Å². The minimum atomic E-state index is -4.45. The van der Waals surface area contributed by atoms with Crippen LogP contribution in [0.25, 0.3) is 0 Å². The topological polar surface area (TPSA) is 50.2 Å². The molecule has 0 saturated carbocycles. The zero-order valence-electron chi connectivity index (χ0n) is 7.21. The summed E-state index contributed by atoms with van der Waals surface area (Å²) in [6, 6.07) is 2.04. The van der Waals surface area contributed by atoms with Gasteiger partial charge in [0.2, 0.25) is 0 Å². The van der Waals surface area contributed by atoms with E-state index in [1.165, 1.54) is 12.3 Å². The molecule has 0 aliphatic heterocycles. The van der Waals surface area contributed by atoms with Crippen LogP contribution in [0.15, 0.2) is 17.2 Å². The fourth-order valence-corrected chi connectivity index (χ4v) is 0.693. The van der Waals surface area contributed by atoms with Gasteiger partial charge in [0.15, 0.2) is 5.69 Å². The van der Waals surface area contributed by atoms with E-state index in [2.05, 4.69) is 20.7 Å². The Morgan fingerprint density at radius 1 is 1.36 bits per heavy atom. The highest BCUT2D eigenvalue weighted by Gasteiger charge is 2.32. The normalized spacial score (nSPS) is 12.0. The van der Waals surface area contributed by atoms with Crippen LogP contribution in [0.2, 0.25) is 0 Å². The molecule has 0 aliphatic carbocycles. The molecule has 0 atom stereocenters. The maximum Gasteiger partial charge on any atom is 0.435 e. The van der Waals surface area contributed by atoms with Crippen molar-refractivity contribution < 1.29 is 13.2 Å². The van der Waals surface area contributed by atoms with Gasteiger partial charge in [0.1, 0.15) is 5.69 Å². The van der Waals surface area contributed by atoms with Crippen LogP contribution < -0.4 is 5.43 Å². The Labute approximate surface area is 77.8 Å². The third-order valence-electron chi connectivity index (χ3n) is 1.30. The van der Waals surface area contributed by atoms with Crippen LogP contribution in [-0.4, -0.2) is 23.5 Å². The quantitative estimate of drug-likeness (QED) is 0.578. The highest BCUT2D eigenvalue weighted by molar-refractivity contribution is 5.76. The Kier molecular flexibility index (Phi) is 3.00. The molecule has 0 spiro atoms. The highest BCUT2D eigenvalue weighted by Crippen LogP contribution is 2.26. The first-order valence-corrected chi connectivity index (χ1v) is 3.65. The molecular weight excluding hydrogens is 197 g/mol. The van der Waals surface area contributed by atoms with Crippen LogP contribution in [0, 0.1) is 0 Å². The summed E-state index contributed by atoms with van der Waals surface area (Å²) in [4.78, 5) is 0. The van der Waals surface area contributed by atoms with E-state index in [0.717, 1.165) is 6.07 Å². The van der Waals surface area contributed by atoms with E-state index in [0.29, 0.717) is 0 Å². The molecule has 4 nitrogen and oxygen atoms in total. The Balaban J connectivity index is 2.84. The average molecular weight is 204 g/mol. The summed E-state index contributed by atoms with van der Waals surface area (Å²) in [6.07, 6.45) is -3.18. The van der Waals surface area contributed by atoms with Gasteiger partial charge in [0.25, 0.3) is 0 Å². The van der Waals surface area contributed by atoms with Crippen molar-refractivity contribution in [2.24, 2.45) is 5.10 Å². The molecule has 0 unspecified atom stereocenters. The minimum absolute atomic E-state index is 0.257. The molecule has 0 amide bonds. The lowest BCUT2D eigenvalue weighted by Crippen LogP contribution is -2.09. The first-order valence-electron chi connectivity index (χ1n) is 3.65. The average Bonchev–Trinajstić information content (AvgIpc) is 2.14. The lowest BCUT2D eigenvalue weighted by atomic mass is 10.3. The number of nitrogens with zero attached hydrogens (tertiary/aromatic N) is 3. The molecule has 1 rings (SSSR count). The molecule has 1 aromatic rings. The van der Waals surface area contributed by atoms with Gasteiger partial charge in [-0.25, -0.2) is 0 Å². The molecule has 0 bridgehead atoms. The van der Waals surface area contributed by atoms with Crippen LogP contribution in [0.5, 0.6) is 0 Å². The highest BCUT2D eigenvalue weighted by atomic mass is 19.4. The van der Waals surface area contributed by atoms with Crippen molar-refractivity contribution in [3.8, 4) is 0 Å². The number of nitrogens with one attached hydrogen (secondary N) is 1. The summed E-state index contributed by atoms with van der Waals surface area (Å²) in [5.74, 6) is 0. The maximum atomic E-state index is 12.0. The molecular formula is C7H7F3N4. The van der Waals surface area contributed by atoms with Crippen molar-refractivity contribution in [1.82, 2.24) is 15.6 Å². The van der Waals surface area contributed by atoms with E-state index in [1.54, 1.807) is 7.05 Å². The van der Waals surface area contributed by atoms with Crippen molar-refractivity contribution in [2.45, 2.75) is 6.18 Å². The van der Waals surface area contributed by atoms with Gasteiger partial charge in [-0.1, -0.05) is 0 Å². The molecule has 0 radical (unpaired) electrons. The van der Waals surface area contributed by atoms with Gasteiger partial charge < -0.3 is 5.43 Å². The largest absolute Gasteiger partial charge is 0.435 e. The van der Waals surface area contributed by atoms with E-state index >= 15 is 0 Å².